The fourth-order valence-electron chi connectivity index (χ4n) is 8.27. The first-order valence-corrected chi connectivity index (χ1v) is 22.5. The molecule has 0 aliphatic rings. The fraction of sp³-hybridized carbons (Fsp3) is 0.0517. The summed E-state index contributed by atoms with van der Waals surface area (Å²) >= 11 is 0. The first-order valence-electron chi connectivity index (χ1n) is 20.9. The Bertz CT molecular complexity index is 2570. The quantitative estimate of drug-likeness (QED) is 0.123. The first kappa shape index (κ1) is 39.3. The molecule has 9 aromatic rings. The van der Waals surface area contributed by atoms with Gasteiger partial charge in [-0.1, -0.05) is 207 Å². The van der Waals surface area contributed by atoms with Crippen molar-refractivity contribution in [3.63, 3.8) is 0 Å². The van der Waals surface area contributed by atoms with Gasteiger partial charge in [0, 0.05) is 21.1 Å². The maximum atomic E-state index is 14.9. The third-order valence-electron chi connectivity index (χ3n) is 11.1. The second-order valence-corrected chi connectivity index (χ2v) is 17.6. The van der Waals surface area contributed by atoms with Crippen LogP contribution in [-0.2, 0) is 8.98 Å². The molecule has 296 valence electrons. The molecule has 0 heterocycles. The van der Waals surface area contributed by atoms with Crippen LogP contribution in [0.5, 0.6) is 0 Å². The van der Waals surface area contributed by atoms with E-state index < -0.39 is 10.3 Å². The molecule has 0 aromatic heterocycles. The van der Waals surface area contributed by atoms with Gasteiger partial charge in [0.15, 0.2) is 0 Å². The molecule has 2 nitrogen and oxygen atoms in total. The van der Waals surface area contributed by atoms with E-state index >= 15 is 0 Å². The van der Waals surface area contributed by atoms with Gasteiger partial charge in [-0.2, -0.15) is 0 Å². The topological polar surface area (TPSA) is 26.3 Å². The second-order valence-electron chi connectivity index (χ2n) is 15.1. The second kappa shape index (κ2) is 18.0. The molecule has 0 amide bonds. The summed E-state index contributed by atoms with van der Waals surface area (Å²) in [7, 11) is -3.02. The smallest absolute Gasteiger partial charge is 0.317 e. The Kier molecular flexibility index (Phi) is 11.6. The van der Waals surface area contributed by atoms with Gasteiger partial charge in [0.05, 0.1) is 0 Å². The SMILES string of the molecule is CCCC(=O)OS(c1ccccc1)(c1c(-c2ccccc2)cc(-c2ccccc2)cc1-c1ccccc1)c1c(-c2ccccc2)cc(-c2ccccc2)cc1-c1ccccc1. The van der Waals surface area contributed by atoms with Crippen LogP contribution in [0.15, 0.2) is 251 Å². The summed E-state index contributed by atoms with van der Waals surface area (Å²) in [6, 6.07) is 83.4. The lowest BCUT2D eigenvalue weighted by molar-refractivity contribution is -0.133. The number of hydrogen-bond acceptors (Lipinski definition) is 2. The number of hydrogen-bond donors (Lipinski definition) is 0. The molecule has 61 heavy (non-hydrogen) atoms. The van der Waals surface area contributed by atoms with Crippen LogP contribution in [0.4, 0.5) is 0 Å². The van der Waals surface area contributed by atoms with E-state index in [-0.39, 0.29) is 12.4 Å². The highest BCUT2D eigenvalue weighted by molar-refractivity contribution is 8.30. The number of carbonyl (C=O) groups is 1. The van der Waals surface area contributed by atoms with Crippen LogP contribution < -0.4 is 0 Å². The van der Waals surface area contributed by atoms with Gasteiger partial charge >= 0.3 is 5.97 Å². The Morgan fingerprint density at radius 2 is 0.623 bits per heavy atom. The Labute approximate surface area is 361 Å². The van der Waals surface area contributed by atoms with E-state index in [1.165, 1.54) is 0 Å². The van der Waals surface area contributed by atoms with Gasteiger partial charge in [-0.15, -0.1) is 0 Å². The summed E-state index contributed by atoms with van der Waals surface area (Å²) in [5.74, 6) is -0.239. The standard InChI is InChI=1S/C58H46O2S/c1-2-24-56(59)60-61(51-37-22-9-23-38-51,57-52(45-29-14-5-15-30-45)39-49(43-25-10-3-11-26-43)40-53(57)46-31-16-6-17-32-46)58-54(47-33-18-7-19-34-47)41-50(44-27-12-4-13-28-44)42-55(58)48-35-20-8-21-36-48/h3-23,25-42H,2,24H2,1H3. The van der Waals surface area contributed by atoms with Crippen LogP contribution in [0.2, 0.25) is 0 Å². The van der Waals surface area contributed by atoms with Crippen molar-refractivity contribution < 1.29 is 8.98 Å². The highest BCUT2D eigenvalue weighted by atomic mass is 32.3. The maximum absolute atomic E-state index is 14.9. The molecule has 9 aromatic carbocycles. The van der Waals surface area contributed by atoms with Gasteiger partial charge < -0.3 is 4.18 Å². The summed E-state index contributed by atoms with van der Waals surface area (Å²) < 4.78 is 7.62. The van der Waals surface area contributed by atoms with Gasteiger partial charge in [0.1, 0.15) is 0 Å². The van der Waals surface area contributed by atoms with Gasteiger partial charge in [-0.05, 0) is 120 Å². The van der Waals surface area contributed by atoms with E-state index in [9.17, 15) is 4.79 Å². The largest absolute Gasteiger partial charge is 0.402 e. The van der Waals surface area contributed by atoms with Crippen molar-refractivity contribution >= 4 is 16.3 Å². The third-order valence-corrected chi connectivity index (χ3v) is 14.5. The molecule has 0 radical (unpaired) electrons. The summed E-state index contributed by atoms with van der Waals surface area (Å²) in [5.41, 5.74) is 12.5. The van der Waals surface area contributed by atoms with E-state index in [1.54, 1.807) is 0 Å². The average Bonchev–Trinajstić information content (AvgIpc) is 3.34. The van der Waals surface area contributed by atoms with Crippen molar-refractivity contribution in [3.8, 4) is 66.8 Å². The van der Waals surface area contributed by atoms with Crippen LogP contribution in [0.3, 0.4) is 0 Å². The average molecular weight is 807 g/mol. The molecule has 3 heteroatoms. The highest BCUT2D eigenvalue weighted by Crippen LogP contribution is 2.76. The molecule has 0 bridgehead atoms. The molecule has 0 atom stereocenters. The highest BCUT2D eigenvalue weighted by Gasteiger charge is 2.44. The lowest BCUT2D eigenvalue weighted by Gasteiger charge is -2.45. The predicted molar refractivity (Wildman–Crippen MR) is 255 cm³/mol. The zero-order chi connectivity index (χ0) is 41.4. The molecule has 0 spiro atoms. The molecular weight excluding hydrogens is 761 g/mol. The number of carbonyl (C=O) groups excluding carboxylic acids is 1. The minimum Gasteiger partial charge on any atom is -0.402 e. The number of benzene rings is 9. The zero-order valence-electron chi connectivity index (χ0n) is 34.2. The predicted octanol–water partition coefficient (Wildman–Crippen LogP) is 16.2. The van der Waals surface area contributed by atoms with Crippen molar-refractivity contribution in [2.75, 3.05) is 0 Å². The molecule has 0 aliphatic heterocycles. The maximum Gasteiger partial charge on any atom is 0.317 e. The Hall–Kier alpha value is -7.20. The van der Waals surface area contributed by atoms with E-state index in [2.05, 4.69) is 231 Å². The molecule has 0 saturated carbocycles. The van der Waals surface area contributed by atoms with Gasteiger partial charge in [-0.3, -0.25) is 4.79 Å². The Morgan fingerprint density at radius 3 is 0.902 bits per heavy atom. The van der Waals surface area contributed by atoms with Gasteiger partial charge in [0.2, 0.25) is 0 Å². The normalized spacial score (nSPS) is 11.5. The molecule has 0 unspecified atom stereocenters. The fourth-order valence-corrected chi connectivity index (χ4v) is 12.1. The molecule has 0 fully saturated rings. The lowest BCUT2D eigenvalue weighted by atomic mass is 9.93. The Morgan fingerprint density at radius 1 is 0.361 bits per heavy atom. The van der Waals surface area contributed by atoms with Crippen molar-refractivity contribution in [1.82, 2.24) is 0 Å². The molecule has 0 saturated heterocycles. The van der Waals surface area contributed by atoms with Crippen LogP contribution >= 0.6 is 10.3 Å². The monoisotopic (exact) mass is 806 g/mol. The van der Waals surface area contributed by atoms with Crippen LogP contribution in [-0.4, -0.2) is 5.97 Å². The first-order chi connectivity index (χ1) is 30.1. The van der Waals surface area contributed by atoms with Crippen molar-refractivity contribution in [2.24, 2.45) is 0 Å². The third kappa shape index (κ3) is 7.96. The minimum absolute atomic E-state index is 0.239. The summed E-state index contributed by atoms with van der Waals surface area (Å²) in [5, 5.41) is 0. The zero-order valence-corrected chi connectivity index (χ0v) is 35.0. The van der Waals surface area contributed by atoms with Crippen molar-refractivity contribution in [1.29, 1.82) is 0 Å². The lowest BCUT2D eigenvalue weighted by Crippen LogP contribution is -2.17. The van der Waals surface area contributed by atoms with Gasteiger partial charge in [0.25, 0.3) is 0 Å². The molecular formula is C58H46O2S. The summed E-state index contributed by atoms with van der Waals surface area (Å²) in [6.45, 7) is 2.04. The van der Waals surface area contributed by atoms with Crippen LogP contribution in [0, 0.1) is 0 Å². The van der Waals surface area contributed by atoms with E-state index in [0.29, 0.717) is 6.42 Å². The van der Waals surface area contributed by atoms with Crippen LogP contribution in [0.25, 0.3) is 66.8 Å². The number of rotatable bonds is 12. The molecule has 0 aliphatic carbocycles. The Balaban J connectivity index is 1.56. The van der Waals surface area contributed by atoms with E-state index in [1.807, 2.05) is 13.0 Å². The molecule has 0 N–H and O–H groups in total. The minimum atomic E-state index is -3.02. The summed E-state index contributed by atoms with van der Waals surface area (Å²) in [4.78, 5) is 17.8. The van der Waals surface area contributed by atoms with E-state index in [4.69, 9.17) is 4.18 Å². The van der Waals surface area contributed by atoms with Gasteiger partial charge in [-0.25, -0.2) is 0 Å². The van der Waals surface area contributed by atoms with Crippen molar-refractivity contribution in [2.45, 2.75) is 34.5 Å². The van der Waals surface area contributed by atoms with Crippen molar-refractivity contribution in [3.05, 3.63) is 237 Å². The van der Waals surface area contributed by atoms with Crippen LogP contribution in [0.1, 0.15) is 19.8 Å². The molecule has 9 rings (SSSR count). The van der Waals surface area contributed by atoms with E-state index in [0.717, 1.165) is 81.4 Å². The summed E-state index contributed by atoms with van der Waals surface area (Å²) in [6.07, 6.45) is 0.922.